The molecule has 0 unspecified atom stereocenters. The van der Waals surface area contributed by atoms with Gasteiger partial charge in [-0.25, -0.2) is 4.79 Å². The van der Waals surface area contributed by atoms with Crippen molar-refractivity contribution in [2.24, 2.45) is 11.3 Å². The molecule has 7 heteroatoms. The average Bonchev–Trinajstić information content (AvgIpc) is 2.54. The summed E-state index contributed by atoms with van der Waals surface area (Å²) in [6.07, 6.45) is 1.43. The Bertz CT molecular complexity index is 485. The van der Waals surface area contributed by atoms with Crippen LogP contribution >= 0.6 is 0 Å². The van der Waals surface area contributed by atoms with Crippen LogP contribution in [-0.2, 0) is 23.8 Å². The SMILES string of the molecule is CCOC(=O)C(C)(CC1CCN(C(=O)OC(C)(C)C)CC1)C(=O)OCC. The van der Waals surface area contributed by atoms with Crippen molar-refractivity contribution in [3.63, 3.8) is 0 Å². The molecule has 0 aromatic heterocycles. The molecule has 26 heavy (non-hydrogen) atoms. The zero-order valence-electron chi connectivity index (χ0n) is 16.9. The van der Waals surface area contributed by atoms with Crippen LogP contribution < -0.4 is 0 Å². The van der Waals surface area contributed by atoms with Crippen LogP contribution in [0.2, 0.25) is 0 Å². The van der Waals surface area contributed by atoms with Gasteiger partial charge in [-0.3, -0.25) is 9.59 Å². The highest BCUT2D eigenvalue weighted by atomic mass is 16.6. The second-order valence-electron chi connectivity index (χ2n) is 7.89. The number of nitrogens with zero attached hydrogens (tertiary/aromatic N) is 1. The van der Waals surface area contributed by atoms with Crippen molar-refractivity contribution in [2.45, 2.75) is 66.4 Å². The molecule has 0 N–H and O–H groups in total. The van der Waals surface area contributed by atoms with Gasteiger partial charge in [0.1, 0.15) is 5.60 Å². The van der Waals surface area contributed by atoms with Crippen molar-refractivity contribution >= 4 is 18.0 Å². The van der Waals surface area contributed by atoms with E-state index in [4.69, 9.17) is 14.2 Å². The van der Waals surface area contributed by atoms with E-state index in [0.29, 0.717) is 32.4 Å². The fraction of sp³-hybridized carbons (Fsp3) is 0.842. The second-order valence-corrected chi connectivity index (χ2v) is 7.89. The maximum Gasteiger partial charge on any atom is 0.410 e. The number of carbonyl (C=O) groups excluding carboxylic acids is 3. The molecule has 1 saturated heterocycles. The number of amides is 1. The first-order valence-corrected chi connectivity index (χ1v) is 9.35. The zero-order chi connectivity index (χ0) is 20.0. The summed E-state index contributed by atoms with van der Waals surface area (Å²) < 4.78 is 15.6. The van der Waals surface area contributed by atoms with E-state index < -0.39 is 23.0 Å². The Morgan fingerprint density at radius 3 is 1.77 bits per heavy atom. The van der Waals surface area contributed by atoms with E-state index >= 15 is 0 Å². The minimum Gasteiger partial charge on any atom is -0.465 e. The quantitative estimate of drug-likeness (QED) is 0.405. The van der Waals surface area contributed by atoms with Crippen LogP contribution in [0.5, 0.6) is 0 Å². The van der Waals surface area contributed by atoms with Gasteiger partial charge in [0.15, 0.2) is 5.41 Å². The molecular formula is C19H33NO6. The van der Waals surface area contributed by atoms with Crippen molar-refractivity contribution in [1.29, 1.82) is 0 Å². The fourth-order valence-corrected chi connectivity index (χ4v) is 3.05. The summed E-state index contributed by atoms with van der Waals surface area (Å²) in [7, 11) is 0. The highest BCUT2D eigenvalue weighted by molar-refractivity contribution is 5.99. The van der Waals surface area contributed by atoms with E-state index in [2.05, 4.69) is 0 Å². The van der Waals surface area contributed by atoms with Gasteiger partial charge in [0.25, 0.3) is 0 Å². The molecule has 1 heterocycles. The van der Waals surface area contributed by atoms with Crippen LogP contribution in [0.1, 0.15) is 60.8 Å². The maximum absolute atomic E-state index is 12.4. The molecule has 1 rings (SSSR count). The topological polar surface area (TPSA) is 82.1 Å². The Balaban J connectivity index is 2.70. The van der Waals surface area contributed by atoms with Crippen molar-refractivity contribution in [2.75, 3.05) is 26.3 Å². The largest absolute Gasteiger partial charge is 0.465 e. The summed E-state index contributed by atoms with van der Waals surface area (Å²) in [4.78, 5) is 38.6. The number of piperidine rings is 1. The van der Waals surface area contributed by atoms with Crippen molar-refractivity contribution in [3.05, 3.63) is 0 Å². The van der Waals surface area contributed by atoms with E-state index in [-0.39, 0.29) is 25.2 Å². The number of likely N-dealkylation sites (tertiary alicyclic amines) is 1. The third-order valence-electron chi connectivity index (χ3n) is 4.42. The summed E-state index contributed by atoms with van der Waals surface area (Å²) in [6, 6.07) is 0. The van der Waals surface area contributed by atoms with E-state index in [1.807, 2.05) is 20.8 Å². The van der Waals surface area contributed by atoms with Gasteiger partial charge in [-0.15, -0.1) is 0 Å². The van der Waals surface area contributed by atoms with Gasteiger partial charge in [-0.05, 0) is 66.7 Å². The Morgan fingerprint density at radius 1 is 0.923 bits per heavy atom. The first kappa shape index (κ1) is 22.3. The molecule has 0 radical (unpaired) electrons. The highest BCUT2D eigenvalue weighted by Gasteiger charge is 2.46. The normalized spacial score (nSPS) is 16.2. The molecule has 1 amide bonds. The molecule has 1 aliphatic rings. The lowest BCUT2D eigenvalue weighted by Gasteiger charge is -2.36. The van der Waals surface area contributed by atoms with Crippen LogP contribution in [0.3, 0.4) is 0 Å². The minimum absolute atomic E-state index is 0.132. The number of carbonyl (C=O) groups is 3. The lowest BCUT2D eigenvalue weighted by atomic mass is 9.77. The van der Waals surface area contributed by atoms with Crippen molar-refractivity contribution in [3.8, 4) is 0 Å². The number of ether oxygens (including phenoxy) is 3. The third kappa shape index (κ3) is 6.18. The Kier molecular flexibility index (Phi) is 7.90. The summed E-state index contributed by atoms with van der Waals surface area (Å²) in [5.74, 6) is -0.964. The molecule has 0 aromatic rings. The molecule has 7 nitrogen and oxygen atoms in total. The first-order valence-electron chi connectivity index (χ1n) is 9.35. The smallest absolute Gasteiger partial charge is 0.410 e. The molecule has 150 valence electrons. The fourth-order valence-electron chi connectivity index (χ4n) is 3.05. The number of hydrogen-bond donors (Lipinski definition) is 0. The van der Waals surface area contributed by atoms with Crippen LogP contribution in [0.25, 0.3) is 0 Å². The predicted molar refractivity (Wildman–Crippen MR) is 96.5 cm³/mol. The monoisotopic (exact) mass is 371 g/mol. The van der Waals surface area contributed by atoms with E-state index in [9.17, 15) is 14.4 Å². The van der Waals surface area contributed by atoms with Gasteiger partial charge in [0.05, 0.1) is 13.2 Å². The van der Waals surface area contributed by atoms with Crippen LogP contribution in [-0.4, -0.2) is 54.8 Å². The Morgan fingerprint density at radius 2 is 1.38 bits per heavy atom. The van der Waals surface area contributed by atoms with Gasteiger partial charge in [0, 0.05) is 13.1 Å². The van der Waals surface area contributed by atoms with Crippen LogP contribution in [0.15, 0.2) is 0 Å². The van der Waals surface area contributed by atoms with Gasteiger partial charge in [-0.2, -0.15) is 0 Å². The van der Waals surface area contributed by atoms with Crippen LogP contribution in [0, 0.1) is 11.3 Å². The van der Waals surface area contributed by atoms with Gasteiger partial charge >= 0.3 is 18.0 Å². The lowest BCUT2D eigenvalue weighted by molar-refractivity contribution is -0.172. The molecule has 0 bridgehead atoms. The van der Waals surface area contributed by atoms with Gasteiger partial charge < -0.3 is 19.1 Å². The summed E-state index contributed by atoms with van der Waals surface area (Å²) >= 11 is 0. The van der Waals surface area contributed by atoms with Gasteiger partial charge in [-0.1, -0.05) is 0 Å². The first-order chi connectivity index (χ1) is 12.0. The van der Waals surface area contributed by atoms with Crippen molar-refractivity contribution < 1.29 is 28.6 Å². The molecule has 1 aliphatic heterocycles. The molecule has 0 spiro atoms. The number of esters is 2. The zero-order valence-corrected chi connectivity index (χ0v) is 16.9. The molecule has 0 aromatic carbocycles. The molecule has 1 fully saturated rings. The molecule has 0 saturated carbocycles. The molecule has 0 atom stereocenters. The lowest BCUT2D eigenvalue weighted by Crippen LogP contribution is -2.45. The summed E-state index contributed by atoms with van der Waals surface area (Å²) in [5, 5.41) is 0. The third-order valence-corrected chi connectivity index (χ3v) is 4.42. The van der Waals surface area contributed by atoms with Gasteiger partial charge in [0.2, 0.25) is 0 Å². The van der Waals surface area contributed by atoms with Crippen molar-refractivity contribution in [1.82, 2.24) is 4.90 Å². The van der Waals surface area contributed by atoms with E-state index in [1.165, 1.54) is 0 Å². The minimum atomic E-state index is -1.31. The molecular weight excluding hydrogens is 338 g/mol. The summed E-state index contributed by atoms with van der Waals surface area (Å²) in [5.41, 5.74) is -1.84. The maximum atomic E-state index is 12.4. The Labute approximate surface area is 156 Å². The number of rotatable bonds is 6. The van der Waals surface area contributed by atoms with E-state index in [1.54, 1.807) is 25.7 Å². The molecule has 0 aliphatic carbocycles. The Hall–Kier alpha value is -1.79. The van der Waals surface area contributed by atoms with E-state index in [0.717, 1.165) is 0 Å². The van der Waals surface area contributed by atoms with Crippen LogP contribution in [0.4, 0.5) is 4.79 Å². The predicted octanol–water partition coefficient (Wildman–Crippen LogP) is 3.16. The average molecular weight is 371 g/mol. The summed E-state index contributed by atoms with van der Waals surface area (Å²) in [6.45, 7) is 12.0. The standard InChI is InChI=1S/C19H33NO6/c1-7-24-15(21)19(6,16(22)25-8-2)13-14-9-11-20(12-10-14)17(23)26-18(3,4)5/h14H,7-13H2,1-6H3. The highest BCUT2D eigenvalue weighted by Crippen LogP contribution is 2.34. The number of hydrogen-bond acceptors (Lipinski definition) is 6. The second kappa shape index (κ2) is 9.24.